The number of hydrogen-bond donors (Lipinski definition) is 1. The van der Waals surface area contributed by atoms with Crippen molar-refractivity contribution >= 4 is 55.0 Å². The van der Waals surface area contributed by atoms with Crippen LogP contribution in [0.1, 0.15) is 0 Å². The first-order valence-corrected chi connectivity index (χ1v) is 7.76. The van der Waals surface area contributed by atoms with Crippen LogP contribution in [0.4, 0.5) is 0 Å². The summed E-state index contributed by atoms with van der Waals surface area (Å²) in [7, 11) is 0. The van der Waals surface area contributed by atoms with E-state index in [2.05, 4.69) is 36.8 Å². The van der Waals surface area contributed by atoms with E-state index in [9.17, 15) is 4.79 Å². The smallest absolute Gasteiger partial charge is 0.266 e. The van der Waals surface area contributed by atoms with E-state index in [-0.39, 0.29) is 5.56 Å². The van der Waals surface area contributed by atoms with Crippen LogP contribution in [0.3, 0.4) is 0 Å². The van der Waals surface area contributed by atoms with Crippen LogP contribution in [0, 0.1) is 4.77 Å². The van der Waals surface area contributed by atoms with Crippen molar-refractivity contribution in [3.05, 3.63) is 66.5 Å². The molecule has 3 rings (SSSR count). The summed E-state index contributed by atoms with van der Waals surface area (Å²) in [5.74, 6) is 0. The summed E-state index contributed by atoms with van der Waals surface area (Å²) < 4.78 is 3.69. The van der Waals surface area contributed by atoms with Crippen LogP contribution in [-0.4, -0.2) is 9.55 Å². The molecule has 0 aliphatic carbocycles. The zero-order chi connectivity index (χ0) is 14.3. The highest BCUT2D eigenvalue weighted by molar-refractivity contribution is 9.10. The van der Waals surface area contributed by atoms with Gasteiger partial charge < -0.3 is 4.98 Å². The monoisotopic (exact) mass is 410 g/mol. The molecule has 3 aromatic rings. The highest BCUT2D eigenvalue weighted by atomic mass is 79.9. The number of fused-ring (bicyclic) bond motifs is 1. The topological polar surface area (TPSA) is 37.8 Å². The third-order valence-electron chi connectivity index (χ3n) is 2.94. The number of aromatic amines is 1. The summed E-state index contributed by atoms with van der Waals surface area (Å²) in [5.41, 5.74) is 1.34. The molecule has 0 amide bonds. The molecular formula is C14H8Br2N2OS. The van der Waals surface area contributed by atoms with Gasteiger partial charge in [0.1, 0.15) is 0 Å². The molecule has 20 heavy (non-hydrogen) atoms. The number of nitrogens with one attached hydrogen (secondary N) is 1. The average molecular weight is 412 g/mol. The van der Waals surface area contributed by atoms with Crippen LogP contribution in [0.2, 0.25) is 0 Å². The Kier molecular flexibility index (Phi) is 3.62. The van der Waals surface area contributed by atoms with Crippen molar-refractivity contribution in [2.75, 3.05) is 0 Å². The van der Waals surface area contributed by atoms with Gasteiger partial charge in [-0.25, -0.2) is 0 Å². The van der Waals surface area contributed by atoms with Gasteiger partial charge in [0.15, 0.2) is 4.77 Å². The number of aromatic nitrogens is 2. The number of rotatable bonds is 1. The average Bonchev–Trinajstić information content (AvgIpc) is 2.42. The highest BCUT2D eigenvalue weighted by Crippen LogP contribution is 2.17. The van der Waals surface area contributed by atoms with Gasteiger partial charge >= 0.3 is 0 Å². The first-order valence-electron chi connectivity index (χ1n) is 5.77. The van der Waals surface area contributed by atoms with Gasteiger partial charge in [-0.1, -0.05) is 31.9 Å². The van der Waals surface area contributed by atoms with Gasteiger partial charge in [-0.3, -0.25) is 9.36 Å². The van der Waals surface area contributed by atoms with Crippen molar-refractivity contribution in [2.45, 2.75) is 0 Å². The van der Waals surface area contributed by atoms with Crippen molar-refractivity contribution in [1.82, 2.24) is 9.55 Å². The molecule has 2 aromatic carbocycles. The fraction of sp³-hybridized carbons (Fsp3) is 0. The lowest BCUT2D eigenvalue weighted by Crippen LogP contribution is -2.20. The summed E-state index contributed by atoms with van der Waals surface area (Å²) in [6.07, 6.45) is 0. The molecule has 0 fully saturated rings. The predicted molar refractivity (Wildman–Crippen MR) is 90.1 cm³/mol. The van der Waals surface area contributed by atoms with Crippen molar-refractivity contribution < 1.29 is 0 Å². The molecule has 0 radical (unpaired) electrons. The first kappa shape index (κ1) is 13.7. The summed E-state index contributed by atoms with van der Waals surface area (Å²) in [5, 5.41) is 0.593. The molecule has 1 N–H and O–H groups in total. The van der Waals surface area contributed by atoms with Gasteiger partial charge in [-0.05, 0) is 54.7 Å². The molecule has 100 valence electrons. The van der Waals surface area contributed by atoms with Gasteiger partial charge in [0.25, 0.3) is 5.56 Å². The molecule has 0 unspecified atom stereocenters. The van der Waals surface area contributed by atoms with Crippen LogP contribution in [0.15, 0.2) is 56.2 Å². The standard InChI is InChI=1S/C14H8Br2N2OS/c15-8-1-4-10(5-2-8)18-13(19)11-7-9(16)3-6-12(11)17-14(18)20/h1-7H,(H,17,20). The second kappa shape index (κ2) is 5.27. The normalized spacial score (nSPS) is 10.9. The Morgan fingerprint density at radius 2 is 1.65 bits per heavy atom. The Morgan fingerprint density at radius 3 is 2.35 bits per heavy atom. The molecular weight excluding hydrogens is 404 g/mol. The molecule has 0 saturated heterocycles. The number of halogens is 2. The summed E-state index contributed by atoms with van der Waals surface area (Å²) in [4.78, 5) is 15.7. The fourth-order valence-corrected chi connectivity index (χ4v) is 2.93. The minimum absolute atomic E-state index is 0.132. The molecule has 1 heterocycles. The van der Waals surface area contributed by atoms with E-state index in [1.807, 2.05) is 36.4 Å². The molecule has 6 heteroatoms. The molecule has 3 nitrogen and oxygen atoms in total. The summed E-state index contributed by atoms with van der Waals surface area (Å²) in [6.45, 7) is 0. The Hall–Kier alpha value is -1.24. The minimum atomic E-state index is -0.132. The molecule has 0 aliphatic heterocycles. The molecule has 0 aliphatic rings. The van der Waals surface area contributed by atoms with Gasteiger partial charge in [0.05, 0.1) is 16.6 Å². The van der Waals surface area contributed by atoms with Crippen LogP contribution < -0.4 is 5.56 Å². The second-order valence-electron chi connectivity index (χ2n) is 4.24. The second-order valence-corrected chi connectivity index (χ2v) is 6.46. The number of nitrogens with zero attached hydrogens (tertiary/aromatic N) is 1. The van der Waals surface area contributed by atoms with Gasteiger partial charge in [0, 0.05) is 8.95 Å². The summed E-state index contributed by atoms with van der Waals surface area (Å²) >= 11 is 12.1. The fourth-order valence-electron chi connectivity index (χ4n) is 2.01. The largest absolute Gasteiger partial charge is 0.331 e. The SMILES string of the molecule is O=c1c2cc(Br)ccc2[nH]c(=S)n1-c1ccc(Br)cc1. The maximum Gasteiger partial charge on any atom is 0.266 e. The lowest BCUT2D eigenvalue weighted by atomic mass is 10.2. The van der Waals surface area contributed by atoms with Crippen molar-refractivity contribution in [3.8, 4) is 5.69 Å². The predicted octanol–water partition coefficient (Wildman–Crippen LogP) is 4.57. The Labute approximate surface area is 136 Å². The zero-order valence-corrected chi connectivity index (χ0v) is 14.0. The van der Waals surface area contributed by atoms with Gasteiger partial charge in [-0.2, -0.15) is 0 Å². The number of hydrogen-bond acceptors (Lipinski definition) is 2. The molecule has 0 saturated carbocycles. The van der Waals surface area contributed by atoms with E-state index in [0.29, 0.717) is 10.2 Å². The maximum atomic E-state index is 12.6. The molecule has 0 bridgehead atoms. The van der Waals surface area contributed by atoms with E-state index in [1.165, 1.54) is 4.57 Å². The van der Waals surface area contributed by atoms with E-state index in [4.69, 9.17) is 12.2 Å². The summed E-state index contributed by atoms with van der Waals surface area (Å²) in [6, 6.07) is 12.9. The quantitative estimate of drug-likeness (QED) is 0.595. The molecule has 1 aromatic heterocycles. The first-order chi connectivity index (χ1) is 9.56. The molecule has 0 atom stereocenters. The highest BCUT2D eigenvalue weighted by Gasteiger charge is 2.07. The van der Waals surface area contributed by atoms with Gasteiger partial charge in [-0.15, -0.1) is 0 Å². The zero-order valence-electron chi connectivity index (χ0n) is 10.1. The van der Waals surface area contributed by atoms with E-state index >= 15 is 0 Å². The van der Waals surface area contributed by atoms with Crippen LogP contribution in [0.25, 0.3) is 16.6 Å². The number of H-pyrrole nitrogens is 1. The Bertz CT molecular complexity index is 913. The van der Waals surface area contributed by atoms with E-state index < -0.39 is 0 Å². The Balaban J connectivity index is 2.39. The molecule has 0 spiro atoms. The third kappa shape index (κ3) is 2.39. The van der Waals surface area contributed by atoms with Crippen LogP contribution >= 0.6 is 44.1 Å². The third-order valence-corrected chi connectivity index (χ3v) is 4.25. The van der Waals surface area contributed by atoms with Gasteiger partial charge in [0.2, 0.25) is 0 Å². The van der Waals surface area contributed by atoms with Crippen LogP contribution in [0.5, 0.6) is 0 Å². The van der Waals surface area contributed by atoms with E-state index in [1.54, 1.807) is 6.07 Å². The maximum absolute atomic E-state index is 12.6. The Morgan fingerprint density at radius 1 is 1.00 bits per heavy atom. The van der Waals surface area contributed by atoms with Crippen molar-refractivity contribution in [2.24, 2.45) is 0 Å². The number of benzene rings is 2. The van der Waals surface area contributed by atoms with Crippen LogP contribution in [-0.2, 0) is 0 Å². The minimum Gasteiger partial charge on any atom is -0.331 e. The lowest BCUT2D eigenvalue weighted by Gasteiger charge is -2.08. The lowest BCUT2D eigenvalue weighted by molar-refractivity contribution is 0.939. The van der Waals surface area contributed by atoms with Crippen molar-refractivity contribution in [3.63, 3.8) is 0 Å². The van der Waals surface area contributed by atoms with Crippen molar-refractivity contribution in [1.29, 1.82) is 0 Å². The van der Waals surface area contributed by atoms with E-state index in [0.717, 1.165) is 20.1 Å².